The molecule has 110 valence electrons. The lowest BCUT2D eigenvalue weighted by Gasteiger charge is -2.20. The number of carbonyl (C=O) groups is 2. The Bertz CT molecular complexity index is 431. The molecule has 1 N–H and O–H groups in total. The van der Waals surface area contributed by atoms with E-state index < -0.39 is 0 Å². The highest BCUT2D eigenvalue weighted by molar-refractivity contribution is 5.80. The molecule has 5 atom stereocenters. The minimum atomic E-state index is -0.105. The van der Waals surface area contributed by atoms with Crippen molar-refractivity contribution in [2.24, 2.45) is 23.7 Å². The van der Waals surface area contributed by atoms with Crippen LogP contribution in [0.25, 0.3) is 0 Å². The van der Waals surface area contributed by atoms with Crippen molar-refractivity contribution in [3.63, 3.8) is 0 Å². The fourth-order valence-corrected chi connectivity index (χ4v) is 3.98. The van der Waals surface area contributed by atoms with Gasteiger partial charge in [-0.05, 0) is 50.9 Å². The zero-order chi connectivity index (χ0) is 14.1. The van der Waals surface area contributed by atoms with Crippen LogP contribution in [0.4, 0.5) is 0 Å². The van der Waals surface area contributed by atoms with Crippen molar-refractivity contribution < 1.29 is 14.3 Å². The quantitative estimate of drug-likeness (QED) is 0.632. The molecule has 0 aliphatic heterocycles. The van der Waals surface area contributed by atoms with E-state index in [4.69, 9.17) is 4.74 Å². The smallest absolute Gasteiger partial charge is 0.308 e. The summed E-state index contributed by atoms with van der Waals surface area (Å²) in [5.41, 5.74) is 0. The van der Waals surface area contributed by atoms with Crippen LogP contribution in [0.2, 0.25) is 0 Å². The van der Waals surface area contributed by atoms with Crippen molar-refractivity contribution in [2.75, 3.05) is 6.61 Å². The molecule has 20 heavy (non-hydrogen) atoms. The molecule has 3 aliphatic rings. The molecule has 3 aliphatic carbocycles. The summed E-state index contributed by atoms with van der Waals surface area (Å²) in [5, 5.41) is 3.15. The third-order valence-electron chi connectivity index (χ3n) is 5.01. The van der Waals surface area contributed by atoms with Crippen LogP contribution in [0.15, 0.2) is 12.2 Å². The maximum atomic E-state index is 12.3. The molecule has 4 nitrogen and oxygen atoms in total. The molecule has 0 aromatic heterocycles. The van der Waals surface area contributed by atoms with Crippen LogP contribution < -0.4 is 5.32 Å². The average molecular weight is 277 g/mol. The number of rotatable bonds is 4. The molecule has 0 radical (unpaired) electrons. The van der Waals surface area contributed by atoms with Crippen molar-refractivity contribution in [3.05, 3.63) is 12.2 Å². The largest absolute Gasteiger partial charge is 0.466 e. The van der Waals surface area contributed by atoms with Crippen LogP contribution in [-0.2, 0) is 14.3 Å². The van der Waals surface area contributed by atoms with Crippen molar-refractivity contribution in [3.8, 4) is 0 Å². The van der Waals surface area contributed by atoms with E-state index in [0.29, 0.717) is 18.4 Å². The summed E-state index contributed by atoms with van der Waals surface area (Å²) in [6.45, 7) is 2.26. The van der Waals surface area contributed by atoms with Crippen LogP contribution in [0.3, 0.4) is 0 Å². The van der Waals surface area contributed by atoms with E-state index in [1.54, 1.807) is 0 Å². The van der Waals surface area contributed by atoms with Gasteiger partial charge in [0.15, 0.2) is 0 Å². The Hall–Kier alpha value is -1.32. The first-order valence-corrected chi connectivity index (χ1v) is 7.82. The van der Waals surface area contributed by atoms with Gasteiger partial charge in [0.2, 0.25) is 5.91 Å². The Morgan fingerprint density at radius 1 is 1.20 bits per heavy atom. The molecule has 0 aromatic rings. The minimum absolute atomic E-state index is 0.0276. The monoisotopic (exact) mass is 277 g/mol. The Morgan fingerprint density at radius 2 is 2.05 bits per heavy atom. The van der Waals surface area contributed by atoms with Crippen molar-refractivity contribution in [1.29, 1.82) is 0 Å². The first-order chi connectivity index (χ1) is 9.67. The minimum Gasteiger partial charge on any atom is -0.466 e. The van der Waals surface area contributed by atoms with E-state index in [1.165, 1.54) is 0 Å². The van der Waals surface area contributed by atoms with Crippen LogP contribution in [-0.4, -0.2) is 24.5 Å². The van der Waals surface area contributed by atoms with Gasteiger partial charge in [-0.3, -0.25) is 9.59 Å². The number of hydrogen-bond acceptors (Lipinski definition) is 3. The van der Waals surface area contributed by atoms with E-state index in [2.05, 4.69) is 17.5 Å². The van der Waals surface area contributed by atoms with Crippen LogP contribution in [0.5, 0.6) is 0 Å². The fraction of sp³-hybridized carbons (Fsp3) is 0.750. The van der Waals surface area contributed by atoms with E-state index in [9.17, 15) is 9.59 Å². The summed E-state index contributed by atoms with van der Waals surface area (Å²) in [6.07, 6.45) is 9.07. The number of hydrogen-bond donors (Lipinski definition) is 1. The standard InChI is InChI=1S/C16H23NO3/c1-2-20-16(19)12-5-6-13(9-12)17-15(18)14-8-10-3-4-11(14)7-10/h3-4,10-14H,2,5-9H2,1H3,(H,17,18)/t10?,11?,12-,13+,14?/m1/s1. The van der Waals surface area contributed by atoms with Gasteiger partial charge in [0.25, 0.3) is 0 Å². The maximum Gasteiger partial charge on any atom is 0.308 e. The summed E-state index contributed by atoms with van der Waals surface area (Å²) < 4.78 is 5.06. The molecule has 2 saturated carbocycles. The third kappa shape index (κ3) is 2.60. The molecular weight excluding hydrogens is 254 g/mol. The van der Waals surface area contributed by atoms with Gasteiger partial charge in [-0.15, -0.1) is 0 Å². The summed E-state index contributed by atoms with van der Waals surface area (Å²) in [4.78, 5) is 24.0. The van der Waals surface area contributed by atoms with Crippen LogP contribution >= 0.6 is 0 Å². The Labute approximate surface area is 119 Å². The molecular formula is C16H23NO3. The number of allylic oxidation sites excluding steroid dienone is 2. The van der Waals surface area contributed by atoms with Gasteiger partial charge >= 0.3 is 5.97 Å². The van der Waals surface area contributed by atoms with E-state index in [1.807, 2.05) is 6.92 Å². The summed E-state index contributed by atoms with van der Waals surface area (Å²) in [5.74, 6) is 1.28. The second kappa shape index (κ2) is 5.58. The highest BCUT2D eigenvalue weighted by Gasteiger charge is 2.41. The summed E-state index contributed by atoms with van der Waals surface area (Å²) in [7, 11) is 0. The lowest BCUT2D eigenvalue weighted by Crippen LogP contribution is -2.39. The first-order valence-electron chi connectivity index (χ1n) is 7.82. The lowest BCUT2D eigenvalue weighted by atomic mass is 9.92. The van der Waals surface area contributed by atoms with Crippen molar-refractivity contribution in [1.82, 2.24) is 5.32 Å². The number of esters is 1. The number of amides is 1. The molecule has 3 rings (SSSR count). The number of fused-ring (bicyclic) bond motifs is 2. The van der Waals surface area contributed by atoms with Gasteiger partial charge in [0.05, 0.1) is 12.5 Å². The summed E-state index contributed by atoms with van der Waals surface area (Å²) in [6, 6.07) is 0.153. The molecule has 0 spiro atoms. The fourth-order valence-electron chi connectivity index (χ4n) is 3.98. The van der Waals surface area contributed by atoms with Gasteiger partial charge in [-0.25, -0.2) is 0 Å². The predicted octanol–water partition coefficient (Wildman–Crippen LogP) is 2.05. The van der Waals surface area contributed by atoms with Crippen LogP contribution in [0, 0.1) is 23.7 Å². The van der Waals surface area contributed by atoms with Gasteiger partial charge in [-0.1, -0.05) is 12.2 Å². The van der Waals surface area contributed by atoms with E-state index >= 15 is 0 Å². The molecule has 2 fully saturated rings. The van der Waals surface area contributed by atoms with Crippen molar-refractivity contribution >= 4 is 11.9 Å². The molecule has 2 bridgehead atoms. The molecule has 4 heteroatoms. The van der Waals surface area contributed by atoms with Crippen LogP contribution in [0.1, 0.15) is 39.0 Å². The maximum absolute atomic E-state index is 12.3. The Morgan fingerprint density at radius 3 is 2.70 bits per heavy atom. The highest BCUT2D eigenvalue weighted by Crippen LogP contribution is 2.43. The summed E-state index contributed by atoms with van der Waals surface area (Å²) >= 11 is 0. The zero-order valence-electron chi connectivity index (χ0n) is 12.0. The van der Waals surface area contributed by atoms with E-state index in [0.717, 1.165) is 32.1 Å². The molecule has 1 amide bonds. The zero-order valence-corrected chi connectivity index (χ0v) is 12.0. The lowest BCUT2D eigenvalue weighted by molar-refractivity contribution is -0.147. The SMILES string of the molecule is CCOC(=O)[C@@H]1CC[C@H](NC(=O)C2CC3C=CC2C3)C1. The van der Waals surface area contributed by atoms with Gasteiger partial charge in [-0.2, -0.15) is 0 Å². The molecule has 0 aromatic carbocycles. The van der Waals surface area contributed by atoms with E-state index in [-0.39, 0.29) is 29.8 Å². The molecule has 0 saturated heterocycles. The second-order valence-electron chi connectivity index (χ2n) is 6.35. The predicted molar refractivity (Wildman–Crippen MR) is 74.7 cm³/mol. The molecule has 3 unspecified atom stereocenters. The molecule has 0 heterocycles. The Balaban J connectivity index is 1.48. The third-order valence-corrected chi connectivity index (χ3v) is 5.01. The topological polar surface area (TPSA) is 55.4 Å². The average Bonchev–Trinajstić information content (AvgIpc) is 3.14. The number of ether oxygens (including phenoxy) is 1. The van der Waals surface area contributed by atoms with Gasteiger partial charge < -0.3 is 10.1 Å². The number of nitrogens with one attached hydrogen (secondary N) is 1. The Kier molecular flexibility index (Phi) is 3.81. The van der Waals surface area contributed by atoms with Gasteiger partial charge in [0, 0.05) is 12.0 Å². The normalized spacial score (nSPS) is 38.1. The number of carbonyl (C=O) groups excluding carboxylic acids is 2. The first kappa shape index (κ1) is 13.7. The second-order valence-corrected chi connectivity index (χ2v) is 6.35. The highest BCUT2D eigenvalue weighted by atomic mass is 16.5. The van der Waals surface area contributed by atoms with Gasteiger partial charge in [0.1, 0.15) is 0 Å². The van der Waals surface area contributed by atoms with Crippen molar-refractivity contribution in [2.45, 2.75) is 45.1 Å².